The predicted molar refractivity (Wildman–Crippen MR) is 74.3 cm³/mol. The zero-order chi connectivity index (χ0) is 13.7. The summed E-state index contributed by atoms with van der Waals surface area (Å²) in [6, 6.07) is 7.36. The molecule has 0 radical (unpaired) electrons. The van der Waals surface area contributed by atoms with Crippen LogP contribution >= 0.6 is 15.9 Å². The molecule has 98 valence electrons. The summed E-state index contributed by atoms with van der Waals surface area (Å²) >= 11 is 3.20. The molecule has 19 heavy (non-hydrogen) atoms. The van der Waals surface area contributed by atoms with Gasteiger partial charge in [-0.3, -0.25) is 9.89 Å². The fourth-order valence-corrected chi connectivity index (χ4v) is 1.79. The Labute approximate surface area is 118 Å². The van der Waals surface area contributed by atoms with Gasteiger partial charge in [-0.15, -0.1) is 0 Å². The number of hydrogen-bond donors (Lipinski definition) is 2. The summed E-state index contributed by atoms with van der Waals surface area (Å²) in [7, 11) is 1.58. The number of hydrazone groups is 1. The van der Waals surface area contributed by atoms with Gasteiger partial charge in [0.25, 0.3) is 5.91 Å². The lowest BCUT2D eigenvalue weighted by Gasteiger charge is -2.02. The van der Waals surface area contributed by atoms with Crippen LogP contribution in [-0.2, 0) is 0 Å². The second-order valence-electron chi connectivity index (χ2n) is 3.53. The first-order valence-electron chi connectivity index (χ1n) is 5.37. The minimum Gasteiger partial charge on any atom is -0.496 e. The molecular formula is C12H11BrN4O2. The number of H-pyrrole nitrogens is 1. The molecule has 0 fully saturated rings. The number of carbonyl (C=O) groups excluding carboxylic acids is 1. The molecule has 0 bridgehead atoms. The molecule has 0 aliphatic heterocycles. The van der Waals surface area contributed by atoms with E-state index >= 15 is 0 Å². The number of halogens is 1. The summed E-state index contributed by atoms with van der Waals surface area (Å²) in [5.41, 5.74) is 3.49. The lowest BCUT2D eigenvalue weighted by molar-refractivity contribution is 0.0949. The van der Waals surface area contributed by atoms with Crippen LogP contribution in [0.25, 0.3) is 0 Å². The van der Waals surface area contributed by atoms with Crippen molar-refractivity contribution in [2.45, 2.75) is 0 Å². The van der Waals surface area contributed by atoms with Gasteiger partial charge in [0.05, 0.1) is 24.0 Å². The van der Waals surface area contributed by atoms with Crippen LogP contribution in [0.15, 0.2) is 40.0 Å². The minimum absolute atomic E-state index is 0.317. The van der Waals surface area contributed by atoms with Crippen molar-refractivity contribution in [3.63, 3.8) is 0 Å². The minimum atomic E-state index is -0.379. The highest BCUT2D eigenvalue weighted by atomic mass is 79.9. The summed E-state index contributed by atoms with van der Waals surface area (Å²) in [4.78, 5) is 11.7. The van der Waals surface area contributed by atoms with Gasteiger partial charge in [-0.05, 0) is 28.1 Å². The number of hydrogen-bond acceptors (Lipinski definition) is 4. The van der Waals surface area contributed by atoms with Gasteiger partial charge in [0.1, 0.15) is 11.4 Å². The van der Waals surface area contributed by atoms with Gasteiger partial charge in [-0.25, -0.2) is 5.43 Å². The number of rotatable bonds is 4. The van der Waals surface area contributed by atoms with Gasteiger partial charge in [0.15, 0.2) is 0 Å². The average Bonchev–Trinajstić information content (AvgIpc) is 2.85. The molecule has 0 unspecified atom stereocenters. The van der Waals surface area contributed by atoms with E-state index in [1.54, 1.807) is 7.11 Å². The normalized spacial score (nSPS) is 10.6. The number of methoxy groups -OCH3 is 1. The summed E-state index contributed by atoms with van der Waals surface area (Å²) < 4.78 is 5.75. The Hall–Kier alpha value is -2.15. The molecule has 1 heterocycles. The molecule has 0 atom stereocenters. The van der Waals surface area contributed by atoms with Crippen molar-refractivity contribution in [3.8, 4) is 5.75 Å². The number of aromatic amines is 1. The summed E-state index contributed by atoms with van der Waals surface area (Å²) in [5.74, 6) is 0.304. The Morgan fingerprint density at radius 2 is 2.32 bits per heavy atom. The molecule has 2 aromatic rings. The predicted octanol–water partition coefficient (Wildman–Crippen LogP) is 1.94. The van der Waals surface area contributed by atoms with Crippen LogP contribution in [0.5, 0.6) is 5.75 Å². The number of carbonyl (C=O) groups is 1. The SMILES string of the molecule is COc1ccccc1/C=N/NC(=O)c1[nH]ncc1Br. The third-order valence-corrected chi connectivity index (χ3v) is 2.93. The van der Waals surface area contributed by atoms with Crippen molar-refractivity contribution < 1.29 is 9.53 Å². The number of nitrogens with zero attached hydrogens (tertiary/aromatic N) is 2. The van der Waals surface area contributed by atoms with E-state index in [4.69, 9.17) is 4.74 Å². The summed E-state index contributed by atoms with van der Waals surface area (Å²) in [6.07, 6.45) is 3.01. The fourth-order valence-electron chi connectivity index (χ4n) is 1.42. The molecule has 1 aromatic heterocycles. The lowest BCUT2D eigenvalue weighted by atomic mass is 10.2. The second-order valence-corrected chi connectivity index (χ2v) is 4.39. The van der Waals surface area contributed by atoms with Crippen LogP contribution in [0.4, 0.5) is 0 Å². The van der Waals surface area contributed by atoms with Crippen LogP contribution in [-0.4, -0.2) is 29.4 Å². The molecule has 6 nitrogen and oxygen atoms in total. The first-order chi connectivity index (χ1) is 9.22. The van der Waals surface area contributed by atoms with Crippen molar-refractivity contribution in [1.82, 2.24) is 15.6 Å². The standard InChI is InChI=1S/C12H11BrN4O2/c1-19-10-5-3-2-4-8(10)6-14-17-12(18)11-9(13)7-15-16-11/h2-7H,1H3,(H,15,16)(H,17,18)/b14-6+. The van der Waals surface area contributed by atoms with E-state index in [1.807, 2.05) is 24.3 Å². The van der Waals surface area contributed by atoms with Gasteiger partial charge in [0.2, 0.25) is 0 Å². The highest BCUT2D eigenvalue weighted by Gasteiger charge is 2.10. The molecule has 2 N–H and O–H groups in total. The van der Waals surface area contributed by atoms with Crippen LogP contribution in [0.1, 0.15) is 16.1 Å². The first-order valence-corrected chi connectivity index (χ1v) is 6.17. The molecule has 1 aromatic carbocycles. The van der Waals surface area contributed by atoms with Crippen LogP contribution in [0.3, 0.4) is 0 Å². The topological polar surface area (TPSA) is 79.4 Å². The van der Waals surface area contributed by atoms with Crippen molar-refractivity contribution in [1.29, 1.82) is 0 Å². The maximum absolute atomic E-state index is 11.7. The zero-order valence-corrected chi connectivity index (χ0v) is 11.6. The molecular weight excluding hydrogens is 312 g/mol. The molecule has 7 heteroatoms. The molecule has 0 aliphatic rings. The number of para-hydroxylation sites is 1. The number of amides is 1. The van der Waals surface area contributed by atoms with E-state index in [2.05, 4.69) is 36.7 Å². The van der Waals surface area contributed by atoms with Gasteiger partial charge in [-0.2, -0.15) is 10.2 Å². The number of nitrogens with one attached hydrogen (secondary N) is 2. The van der Waals surface area contributed by atoms with Crippen molar-refractivity contribution in [2.75, 3.05) is 7.11 Å². The van der Waals surface area contributed by atoms with Gasteiger partial charge in [0, 0.05) is 5.56 Å². The average molecular weight is 323 g/mol. The van der Waals surface area contributed by atoms with Gasteiger partial charge < -0.3 is 4.74 Å². The molecule has 0 saturated heterocycles. The van der Waals surface area contributed by atoms with Gasteiger partial charge in [-0.1, -0.05) is 12.1 Å². The van der Waals surface area contributed by atoms with Crippen LogP contribution in [0, 0.1) is 0 Å². The largest absolute Gasteiger partial charge is 0.496 e. The summed E-state index contributed by atoms with van der Waals surface area (Å²) in [6.45, 7) is 0. The molecule has 0 spiro atoms. The second kappa shape index (κ2) is 6.14. The van der Waals surface area contributed by atoms with Crippen LogP contribution < -0.4 is 10.2 Å². The van der Waals surface area contributed by atoms with E-state index in [0.29, 0.717) is 15.9 Å². The Balaban J connectivity index is 2.04. The third kappa shape index (κ3) is 3.19. The lowest BCUT2D eigenvalue weighted by Crippen LogP contribution is -2.18. The fraction of sp³-hybridized carbons (Fsp3) is 0.0833. The Kier molecular flexibility index (Phi) is 4.30. The molecule has 0 aliphatic carbocycles. The zero-order valence-electron chi connectivity index (χ0n) is 10.1. The quantitative estimate of drug-likeness (QED) is 0.667. The maximum Gasteiger partial charge on any atom is 0.290 e. The van der Waals surface area contributed by atoms with Crippen LogP contribution in [0.2, 0.25) is 0 Å². The van der Waals surface area contributed by atoms with E-state index in [9.17, 15) is 4.79 Å². The van der Waals surface area contributed by atoms with E-state index in [0.717, 1.165) is 5.56 Å². The number of benzene rings is 1. The van der Waals surface area contributed by atoms with Crippen molar-refractivity contribution >= 4 is 28.1 Å². The highest BCUT2D eigenvalue weighted by molar-refractivity contribution is 9.10. The maximum atomic E-state index is 11.7. The first kappa shape index (κ1) is 13.3. The smallest absolute Gasteiger partial charge is 0.290 e. The van der Waals surface area contributed by atoms with Crippen molar-refractivity contribution in [3.05, 3.63) is 46.2 Å². The number of ether oxygens (including phenoxy) is 1. The Bertz CT molecular complexity index is 609. The van der Waals surface area contributed by atoms with E-state index < -0.39 is 0 Å². The molecule has 2 rings (SSSR count). The Morgan fingerprint density at radius 3 is 3.00 bits per heavy atom. The third-order valence-electron chi connectivity index (χ3n) is 2.33. The summed E-state index contributed by atoms with van der Waals surface area (Å²) in [5, 5.41) is 10.2. The molecule has 0 saturated carbocycles. The Morgan fingerprint density at radius 1 is 1.53 bits per heavy atom. The van der Waals surface area contributed by atoms with E-state index in [-0.39, 0.29) is 5.91 Å². The van der Waals surface area contributed by atoms with Crippen molar-refractivity contribution in [2.24, 2.45) is 5.10 Å². The van der Waals surface area contributed by atoms with Gasteiger partial charge >= 0.3 is 0 Å². The molecule has 1 amide bonds. The monoisotopic (exact) mass is 322 g/mol. The van der Waals surface area contributed by atoms with E-state index in [1.165, 1.54) is 12.4 Å². The number of aromatic nitrogens is 2. The highest BCUT2D eigenvalue weighted by Crippen LogP contribution is 2.15.